The van der Waals surface area contributed by atoms with Crippen molar-refractivity contribution in [2.24, 2.45) is 0 Å². The van der Waals surface area contributed by atoms with Crippen molar-refractivity contribution in [2.75, 3.05) is 5.75 Å². The fourth-order valence-electron chi connectivity index (χ4n) is 0.464. The highest BCUT2D eigenvalue weighted by atomic mass is 33.1. The minimum Gasteiger partial charge on any atom is -0.213 e. The maximum absolute atomic E-state index is 10.6. The highest BCUT2D eigenvalue weighted by molar-refractivity contribution is 8.73. The van der Waals surface area contributed by atoms with Crippen LogP contribution in [0.15, 0.2) is 11.0 Å². The van der Waals surface area contributed by atoms with Crippen molar-refractivity contribution in [1.29, 1.82) is 0 Å². The van der Waals surface area contributed by atoms with Gasteiger partial charge in [0.15, 0.2) is 0 Å². The number of hydrogen-bond acceptors (Lipinski definition) is 3. The summed E-state index contributed by atoms with van der Waals surface area (Å²) >= 11 is 0. The number of hydrogen-bond donors (Lipinski definition) is 0. The third-order valence-corrected chi connectivity index (χ3v) is 3.81. The van der Waals surface area contributed by atoms with E-state index in [1.54, 1.807) is 0 Å². The molecule has 0 atom stereocenters. The van der Waals surface area contributed by atoms with Gasteiger partial charge in [-0.2, -0.15) is 0 Å². The molecule has 9 heavy (non-hydrogen) atoms. The Kier molecular flexibility index (Phi) is 1.56. The number of rotatable bonds is 0. The average molecular weight is 160 g/mol. The minimum absolute atomic E-state index is 0.429. The second-order valence-electron chi connectivity index (χ2n) is 1.54. The van der Waals surface area contributed by atoms with Crippen molar-refractivity contribution in [3.63, 3.8) is 0 Å². The van der Waals surface area contributed by atoms with Gasteiger partial charge in [-0.25, -0.2) is 8.42 Å². The van der Waals surface area contributed by atoms with E-state index in [-0.39, 0.29) is 0 Å². The maximum Gasteiger partial charge on any atom is 0.224 e. The van der Waals surface area contributed by atoms with E-state index in [9.17, 15) is 8.42 Å². The second-order valence-corrected chi connectivity index (χ2v) is 5.39. The molecule has 0 spiro atoms. The van der Waals surface area contributed by atoms with Crippen LogP contribution in [0, 0.1) is 12.3 Å². The Bertz CT molecular complexity index is 279. The Labute approximate surface area is 57.7 Å². The Hall–Kier alpha value is -0.400. The molecular weight excluding hydrogens is 156 g/mol. The highest BCUT2D eigenvalue weighted by Gasteiger charge is 2.16. The van der Waals surface area contributed by atoms with E-state index in [2.05, 4.69) is 5.92 Å². The summed E-state index contributed by atoms with van der Waals surface area (Å²) in [7, 11) is -2.13. The highest BCUT2D eigenvalue weighted by Crippen LogP contribution is 2.25. The molecule has 1 rings (SSSR count). The predicted octanol–water partition coefficient (Wildman–Crippen LogP) is 0.580. The summed E-state index contributed by atoms with van der Waals surface area (Å²) in [5, 5.41) is 1.14. The SMILES string of the molecule is C#CC1=CS(=O)(=O)SC1. The van der Waals surface area contributed by atoms with Gasteiger partial charge in [0.25, 0.3) is 0 Å². The summed E-state index contributed by atoms with van der Waals surface area (Å²) in [5.41, 5.74) is 0.556. The van der Waals surface area contributed by atoms with E-state index in [1.807, 2.05) is 0 Å². The smallest absolute Gasteiger partial charge is 0.213 e. The van der Waals surface area contributed by atoms with Gasteiger partial charge in [-0.3, -0.25) is 0 Å². The summed E-state index contributed by atoms with van der Waals surface area (Å²) in [6.45, 7) is 0. The third-order valence-electron chi connectivity index (χ3n) is 0.851. The Morgan fingerprint density at radius 3 is 2.67 bits per heavy atom. The van der Waals surface area contributed by atoms with Crippen LogP contribution in [0.3, 0.4) is 0 Å². The average Bonchev–Trinajstić information content (AvgIpc) is 2.10. The standard InChI is InChI=1S/C5H4O2S2/c1-2-5-3-8-9(6,7)4-5/h1,4H,3H2. The van der Waals surface area contributed by atoms with E-state index in [0.717, 1.165) is 16.2 Å². The molecule has 1 aliphatic heterocycles. The van der Waals surface area contributed by atoms with Crippen LogP contribution in [-0.4, -0.2) is 14.2 Å². The lowest BCUT2D eigenvalue weighted by Gasteiger charge is -1.79. The monoisotopic (exact) mass is 160 g/mol. The van der Waals surface area contributed by atoms with Gasteiger partial charge in [-0.05, 0) is 10.8 Å². The lowest BCUT2D eigenvalue weighted by Crippen LogP contribution is -1.77. The van der Waals surface area contributed by atoms with Crippen molar-refractivity contribution in [1.82, 2.24) is 0 Å². The van der Waals surface area contributed by atoms with E-state index in [0.29, 0.717) is 11.3 Å². The van der Waals surface area contributed by atoms with Crippen LogP contribution in [0.25, 0.3) is 0 Å². The van der Waals surface area contributed by atoms with Crippen LogP contribution in [0.2, 0.25) is 0 Å². The van der Waals surface area contributed by atoms with E-state index in [4.69, 9.17) is 6.42 Å². The molecule has 0 radical (unpaired) electrons. The molecule has 0 amide bonds. The normalized spacial score (nSPS) is 22.8. The second kappa shape index (κ2) is 2.09. The zero-order valence-corrected chi connectivity index (χ0v) is 6.13. The molecule has 0 aromatic carbocycles. The molecule has 48 valence electrons. The Balaban J connectivity index is 3.02. The molecule has 2 nitrogen and oxygen atoms in total. The number of terminal acetylenes is 1. The molecule has 0 fully saturated rings. The van der Waals surface area contributed by atoms with E-state index in [1.165, 1.54) is 0 Å². The van der Waals surface area contributed by atoms with Gasteiger partial charge in [0.2, 0.25) is 8.87 Å². The first kappa shape index (κ1) is 6.72. The van der Waals surface area contributed by atoms with Crippen LogP contribution < -0.4 is 0 Å². The van der Waals surface area contributed by atoms with Crippen molar-refractivity contribution < 1.29 is 8.42 Å². The van der Waals surface area contributed by atoms with Crippen molar-refractivity contribution in [2.45, 2.75) is 0 Å². The quantitative estimate of drug-likeness (QED) is 0.384. The van der Waals surface area contributed by atoms with Gasteiger partial charge < -0.3 is 0 Å². The molecular formula is C5H4O2S2. The Morgan fingerprint density at radius 1 is 1.78 bits per heavy atom. The molecule has 1 aliphatic rings. The predicted molar refractivity (Wildman–Crippen MR) is 38.3 cm³/mol. The molecule has 4 heteroatoms. The molecule has 0 aromatic rings. The first-order valence-electron chi connectivity index (χ1n) is 2.21. The van der Waals surface area contributed by atoms with Gasteiger partial charge in [0, 0.05) is 11.3 Å². The minimum atomic E-state index is -3.00. The van der Waals surface area contributed by atoms with Crippen LogP contribution in [0.5, 0.6) is 0 Å². The Morgan fingerprint density at radius 2 is 2.44 bits per heavy atom. The topological polar surface area (TPSA) is 34.1 Å². The maximum atomic E-state index is 10.6. The summed E-state index contributed by atoms with van der Waals surface area (Å²) in [6.07, 6.45) is 4.96. The fraction of sp³-hybridized carbons (Fsp3) is 0.200. The zero-order chi connectivity index (χ0) is 6.91. The zero-order valence-electron chi connectivity index (χ0n) is 4.49. The summed E-state index contributed by atoms with van der Waals surface area (Å²) in [4.78, 5) is 0. The first-order chi connectivity index (χ1) is 4.14. The van der Waals surface area contributed by atoms with Gasteiger partial charge in [-0.15, -0.1) is 6.42 Å². The van der Waals surface area contributed by atoms with E-state index >= 15 is 0 Å². The molecule has 0 aromatic heterocycles. The van der Waals surface area contributed by atoms with Gasteiger partial charge in [0.1, 0.15) is 0 Å². The van der Waals surface area contributed by atoms with Crippen LogP contribution >= 0.6 is 10.8 Å². The first-order valence-corrected chi connectivity index (χ1v) is 5.25. The van der Waals surface area contributed by atoms with Gasteiger partial charge in [0.05, 0.1) is 5.41 Å². The lowest BCUT2D eigenvalue weighted by molar-refractivity contribution is 0.618. The molecule has 0 saturated carbocycles. The van der Waals surface area contributed by atoms with E-state index < -0.39 is 8.87 Å². The molecule has 0 saturated heterocycles. The van der Waals surface area contributed by atoms with Crippen molar-refractivity contribution in [3.05, 3.63) is 11.0 Å². The largest absolute Gasteiger partial charge is 0.224 e. The molecule has 0 bridgehead atoms. The fourth-order valence-corrected chi connectivity index (χ4v) is 3.02. The van der Waals surface area contributed by atoms with Crippen LogP contribution in [0.4, 0.5) is 0 Å². The summed E-state index contributed by atoms with van der Waals surface area (Å²) in [6, 6.07) is 0. The van der Waals surface area contributed by atoms with Crippen molar-refractivity contribution >= 4 is 19.7 Å². The molecule has 1 heterocycles. The summed E-state index contributed by atoms with van der Waals surface area (Å²) < 4.78 is 21.2. The van der Waals surface area contributed by atoms with Crippen LogP contribution in [-0.2, 0) is 8.87 Å². The molecule has 0 unspecified atom stereocenters. The molecule has 0 N–H and O–H groups in total. The summed E-state index contributed by atoms with van der Waals surface area (Å²) in [5.74, 6) is 2.71. The third kappa shape index (κ3) is 1.50. The lowest BCUT2D eigenvalue weighted by atomic mass is 10.4. The molecule has 0 aliphatic carbocycles. The van der Waals surface area contributed by atoms with Gasteiger partial charge >= 0.3 is 0 Å². The van der Waals surface area contributed by atoms with Gasteiger partial charge in [-0.1, -0.05) is 5.92 Å². The van der Waals surface area contributed by atoms with Crippen LogP contribution in [0.1, 0.15) is 0 Å². The van der Waals surface area contributed by atoms with Crippen molar-refractivity contribution in [3.8, 4) is 12.3 Å².